The molecule has 0 saturated heterocycles. The number of hydrogen-bond donors (Lipinski definition) is 1. The van der Waals surface area contributed by atoms with E-state index in [2.05, 4.69) is 0 Å². The van der Waals surface area contributed by atoms with Crippen LogP contribution in [0.25, 0.3) is 0 Å². The van der Waals surface area contributed by atoms with E-state index in [-0.39, 0.29) is 18.6 Å². The minimum Gasteiger partial charge on any atom is -0.493 e. The van der Waals surface area contributed by atoms with Gasteiger partial charge in [0, 0.05) is 11.4 Å². The lowest BCUT2D eigenvalue weighted by atomic mass is 9.98. The molecular weight excluding hydrogens is 268 g/mol. The molecule has 1 rings (SSSR count). The SMILES string of the molecule is CCOc1cc(C)c(Cl)c(C)c1C(=O)CCC(=O)O. The lowest BCUT2D eigenvalue weighted by Crippen LogP contribution is -2.09. The molecule has 5 heteroatoms. The molecule has 0 fully saturated rings. The molecule has 0 heterocycles. The van der Waals surface area contributed by atoms with E-state index in [1.807, 2.05) is 13.8 Å². The van der Waals surface area contributed by atoms with E-state index in [1.54, 1.807) is 13.0 Å². The van der Waals surface area contributed by atoms with Gasteiger partial charge in [-0.1, -0.05) is 11.6 Å². The molecule has 1 aromatic carbocycles. The Kier molecular flexibility index (Phi) is 5.36. The number of ketones is 1. The van der Waals surface area contributed by atoms with Crippen molar-refractivity contribution < 1.29 is 19.4 Å². The van der Waals surface area contributed by atoms with Gasteiger partial charge in [-0.2, -0.15) is 0 Å². The Labute approximate surface area is 117 Å². The number of ether oxygens (including phenoxy) is 1. The number of benzene rings is 1. The highest BCUT2D eigenvalue weighted by Gasteiger charge is 2.20. The smallest absolute Gasteiger partial charge is 0.303 e. The monoisotopic (exact) mass is 284 g/mol. The summed E-state index contributed by atoms with van der Waals surface area (Å²) in [7, 11) is 0. The zero-order valence-corrected chi connectivity index (χ0v) is 12.0. The van der Waals surface area contributed by atoms with Crippen molar-refractivity contribution >= 4 is 23.4 Å². The second kappa shape index (κ2) is 6.57. The quantitative estimate of drug-likeness (QED) is 0.813. The van der Waals surface area contributed by atoms with Crippen LogP contribution in [0.5, 0.6) is 5.75 Å². The van der Waals surface area contributed by atoms with Gasteiger partial charge in [0.1, 0.15) is 5.75 Å². The minimum absolute atomic E-state index is 0.0599. The van der Waals surface area contributed by atoms with Crippen LogP contribution < -0.4 is 4.74 Å². The average Bonchev–Trinajstić information content (AvgIpc) is 2.34. The maximum absolute atomic E-state index is 12.1. The van der Waals surface area contributed by atoms with Crippen molar-refractivity contribution in [3.8, 4) is 5.75 Å². The van der Waals surface area contributed by atoms with Crippen molar-refractivity contribution in [2.24, 2.45) is 0 Å². The van der Waals surface area contributed by atoms with E-state index in [0.29, 0.717) is 28.5 Å². The predicted molar refractivity (Wildman–Crippen MR) is 73.3 cm³/mol. The number of aliphatic carboxylic acids is 1. The molecule has 0 radical (unpaired) electrons. The first-order chi connectivity index (χ1) is 8.88. The Hall–Kier alpha value is -1.55. The predicted octanol–water partition coefficient (Wildman–Crippen LogP) is 3.40. The molecule has 0 unspecified atom stereocenters. The van der Waals surface area contributed by atoms with Crippen LogP contribution in [0.4, 0.5) is 0 Å². The van der Waals surface area contributed by atoms with Gasteiger partial charge in [0.15, 0.2) is 5.78 Å². The van der Waals surface area contributed by atoms with E-state index in [9.17, 15) is 9.59 Å². The highest BCUT2D eigenvalue weighted by Crippen LogP contribution is 2.32. The van der Waals surface area contributed by atoms with Gasteiger partial charge in [-0.05, 0) is 38.0 Å². The molecule has 1 N–H and O–H groups in total. The fourth-order valence-electron chi connectivity index (χ4n) is 1.88. The number of Topliss-reactive ketones (excluding diaryl/α,β-unsaturated/α-hetero) is 1. The van der Waals surface area contributed by atoms with Crippen molar-refractivity contribution in [1.82, 2.24) is 0 Å². The lowest BCUT2D eigenvalue weighted by molar-refractivity contribution is -0.136. The maximum Gasteiger partial charge on any atom is 0.303 e. The highest BCUT2D eigenvalue weighted by molar-refractivity contribution is 6.32. The third-order valence-corrected chi connectivity index (χ3v) is 3.37. The summed E-state index contributed by atoms with van der Waals surface area (Å²) < 4.78 is 5.45. The first kappa shape index (κ1) is 15.5. The Morgan fingerprint density at radius 1 is 1.32 bits per heavy atom. The molecule has 4 nitrogen and oxygen atoms in total. The van der Waals surface area contributed by atoms with Gasteiger partial charge in [-0.3, -0.25) is 9.59 Å². The van der Waals surface area contributed by atoms with Crippen molar-refractivity contribution in [3.05, 3.63) is 27.8 Å². The summed E-state index contributed by atoms with van der Waals surface area (Å²) in [4.78, 5) is 22.7. The third kappa shape index (κ3) is 3.70. The molecule has 19 heavy (non-hydrogen) atoms. The van der Waals surface area contributed by atoms with E-state index in [0.717, 1.165) is 5.56 Å². The molecular formula is C14H17ClO4. The van der Waals surface area contributed by atoms with Crippen LogP contribution in [0.3, 0.4) is 0 Å². The topological polar surface area (TPSA) is 63.6 Å². The molecule has 0 spiro atoms. The summed E-state index contributed by atoms with van der Waals surface area (Å²) in [6.45, 7) is 5.83. The average molecular weight is 285 g/mol. The van der Waals surface area contributed by atoms with Gasteiger partial charge in [-0.25, -0.2) is 0 Å². The summed E-state index contributed by atoms with van der Waals surface area (Å²) in [5.74, 6) is -0.787. The first-order valence-electron chi connectivity index (χ1n) is 6.06. The van der Waals surface area contributed by atoms with Crippen LogP contribution in [0, 0.1) is 13.8 Å². The van der Waals surface area contributed by atoms with Gasteiger partial charge in [0.05, 0.1) is 18.6 Å². The van der Waals surface area contributed by atoms with Crippen LogP contribution in [0.1, 0.15) is 41.3 Å². The Balaban J connectivity index is 3.19. The van der Waals surface area contributed by atoms with E-state index in [1.165, 1.54) is 0 Å². The number of rotatable bonds is 6. The minimum atomic E-state index is -0.998. The Bertz CT molecular complexity index is 509. The van der Waals surface area contributed by atoms with Crippen molar-refractivity contribution in [2.45, 2.75) is 33.6 Å². The van der Waals surface area contributed by atoms with Crippen molar-refractivity contribution in [1.29, 1.82) is 0 Å². The summed E-state index contributed by atoms with van der Waals surface area (Å²) in [5.41, 5.74) is 1.86. The largest absolute Gasteiger partial charge is 0.493 e. The molecule has 0 atom stereocenters. The highest BCUT2D eigenvalue weighted by atomic mass is 35.5. The maximum atomic E-state index is 12.1. The molecule has 0 bridgehead atoms. The fraction of sp³-hybridized carbons (Fsp3) is 0.429. The summed E-state index contributed by atoms with van der Waals surface area (Å²) in [5, 5.41) is 9.16. The summed E-state index contributed by atoms with van der Waals surface area (Å²) >= 11 is 6.14. The van der Waals surface area contributed by atoms with Gasteiger partial charge in [0.2, 0.25) is 0 Å². The molecule has 1 aromatic rings. The molecule has 0 aliphatic rings. The van der Waals surface area contributed by atoms with Gasteiger partial charge < -0.3 is 9.84 Å². The standard InChI is InChI=1S/C14H17ClO4/c1-4-19-11-7-8(2)14(15)9(3)13(11)10(16)5-6-12(17)18/h7H,4-6H2,1-3H3,(H,17,18). The second-order valence-corrected chi connectivity index (χ2v) is 4.63. The summed E-state index contributed by atoms with van der Waals surface area (Å²) in [6, 6.07) is 1.72. The molecule has 0 aliphatic heterocycles. The van der Waals surface area contributed by atoms with Crippen molar-refractivity contribution in [2.75, 3.05) is 6.61 Å². The number of halogens is 1. The molecule has 0 aliphatic carbocycles. The van der Waals surface area contributed by atoms with Crippen LogP contribution in [-0.2, 0) is 4.79 Å². The summed E-state index contributed by atoms with van der Waals surface area (Å²) in [6.07, 6.45) is -0.259. The van der Waals surface area contributed by atoms with Gasteiger partial charge in [0.25, 0.3) is 0 Å². The number of carboxylic acids is 1. The van der Waals surface area contributed by atoms with Crippen LogP contribution in [-0.4, -0.2) is 23.5 Å². The Morgan fingerprint density at radius 3 is 2.47 bits per heavy atom. The Morgan fingerprint density at radius 2 is 1.95 bits per heavy atom. The number of carboxylic acid groups (broad SMARTS) is 1. The lowest BCUT2D eigenvalue weighted by Gasteiger charge is -2.15. The molecule has 0 aromatic heterocycles. The third-order valence-electron chi connectivity index (χ3n) is 2.79. The number of carbonyl (C=O) groups is 2. The van der Waals surface area contributed by atoms with Crippen LogP contribution in [0.15, 0.2) is 6.07 Å². The van der Waals surface area contributed by atoms with Crippen molar-refractivity contribution in [3.63, 3.8) is 0 Å². The molecule has 0 amide bonds. The van der Waals surface area contributed by atoms with Crippen LogP contribution >= 0.6 is 11.6 Å². The zero-order valence-electron chi connectivity index (χ0n) is 11.2. The normalized spacial score (nSPS) is 10.3. The van der Waals surface area contributed by atoms with Gasteiger partial charge >= 0.3 is 5.97 Å². The number of aryl methyl sites for hydroxylation is 1. The molecule has 0 saturated carbocycles. The van der Waals surface area contributed by atoms with E-state index in [4.69, 9.17) is 21.4 Å². The molecule has 104 valence electrons. The van der Waals surface area contributed by atoms with Gasteiger partial charge in [-0.15, -0.1) is 0 Å². The zero-order chi connectivity index (χ0) is 14.6. The van der Waals surface area contributed by atoms with Crippen LogP contribution in [0.2, 0.25) is 5.02 Å². The van der Waals surface area contributed by atoms with E-state index >= 15 is 0 Å². The number of carbonyl (C=O) groups excluding carboxylic acids is 1. The first-order valence-corrected chi connectivity index (χ1v) is 6.43. The fourth-order valence-corrected chi connectivity index (χ4v) is 2.03. The van der Waals surface area contributed by atoms with E-state index < -0.39 is 5.97 Å². The number of hydrogen-bond acceptors (Lipinski definition) is 3. The second-order valence-electron chi connectivity index (χ2n) is 4.26.